The van der Waals surface area contributed by atoms with Crippen molar-refractivity contribution in [3.05, 3.63) is 11.1 Å². The number of nitrogens with zero attached hydrogens (tertiary/aromatic N) is 2. The Morgan fingerprint density at radius 3 is 3.19 bits per heavy atom. The summed E-state index contributed by atoms with van der Waals surface area (Å²) in [5.41, 5.74) is 1.15. The predicted octanol–water partition coefficient (Wildman–Crippen LogP) is 2.28. The van der Waals surface area contributed by atoms with Gasteiger partial charge >= 0.3 is 0 Å². The number of piperidine rings is 1. The molecule has 1 aliphatic rings. The molecule has 2 heterocycles. The van der Waals surface area contributed by atoms with Crippen LogP contribution in [0.2, 0.25) is 0 Å². The van der Waals surface area contributed by atoms with Crippen molar-refractivity contribution < 1.29 is 0 Å². The van der Waals surface area contributed by atoms with Gasteiger partial charge in [0.25, 0.3) is 0 Å². The minimum atomic E-state index is 0.790. The first kappa shape index (κ1) is 11.9. The Bertz CT molecular complexity index is 324. The third kappa shape index (κ3) is 2.95. The van der Waals surface area contributed by atoms with Crippen LogP contribution >= 0.6 is 11.3 Å². The summed E-state index contributed by atoms with van der Waals surface area (Å²) in [4.78, 5) is 7.02. The Kier molecular flexibility index (Phi) is 4.18. The molecule has 1 fully saturated rings. The molecule has 4 heteroatoms. The molecule has 1 aliphatic heterocycles. The van der Waals surface area contributed by atoms with E-state index in [-0.39, 0.29) is 0 Å². The topological polar surface area (TPSA) is 28.2 Å². The summed E-state index contributed by atoms with van der Waals surface area (Å²) in [6.45, 7) is 8.81. The van der Waals surface area contributed by atoms with Crippen LogP contribution in [-0.4, -0.2) is 31.2 Å². The Hall–Kier alpha value is -0.610. The van der Waals surface area contributed by atoms with E-state index in [2.05, 4.69) is 34.4 Å². The molecule has 90 valence electrons. The largest absolute Gasteiger partial charge is 0.348 e. The molecule has 0 spiro atoms. The van der Waals surface area contributed by atoms with E-state index in [9.17, 15) is 0 Å². The first-order valence-corrected chi connectivity index (χ1v) is 7.05. The highest BCUT2D eigenvalue weighted by molar-refractivity contribution is 7.13. The van der Waals surface area contributed by atoms with Gasteiger partial charge in [0.15, 0.2) is 5.13 Å². The van der Waals surface area contributed by atoms with E-state index in [4.69, 9.17) is 0 Å². The molecule has 16 heavy (non-hydrogen) atoms. The Morgan fingerprint density at radius 1 is 1.62 bits per heavy atom. The van der Waals surface area contributed by atoms with Gasteiger partial charge in [0, 0.05) is 18.5 Å². The van der Waals surface area contributed by atoms with Gasteiger partial charge in [-0.05, 0) is 38.8 Å². The Morgan fingerprint density at radius 2 is 2.50 bits per heavy atom. The molecule has 1 aromatic heterocycles. The molecule has 0 amide bonds. The van der Waals surface area contributed by atoms with Crippen molar-refractivity contribution in [2.75, 3.05) is 31.1 Å². The fraction of sp³-hybridized carbons (Fsp3) is 0.750. The molecule has 1 aromatic rings. The van der Waals surface area contributed by atoms with Crippen LogP contribution in [0.25, 0.3) is 0 Å². The van der Waals surface area contributed by atoms with Crippen LogP contribution in [0.1, 0.15) is 25.5 Å². The standard InChI is InChI=1S/C12H21N3S/c1-3-13-7-11-5-4-6-15(8-11)12-14-10(2)9-16-12/h9,11,13H,3-8H2,1-2H3. The third-order valence-electron chi connectivity index (χ3n) is 3.08. The molecular weight excluding hydrogens is 218 g/mol. The van der Waals surface area contributed by atoms with E-state index in [1.54, 1.807) is 11.3 Å². The minimum Gasteiger partial charge on any atom is -0.348 e. The van der Waals surface area contributed by atoms with Crippen molar-refractivity contribution in [1.29, 1.82) is 0 Å². The summed E-state index contributed by atoms with van der Waals surface area (Å²) in [6, 6.07) is 0. The molecule has 0 aliphatic carbocycles. The number of rotatable bonds is 4. The molecule has 3 nitrogen and oxygen atoms in total. The van der Waals surface area contributed by atoms with Crippen molar-refractivity contribution in [2.24, 2.45) is 5.92 Å². The monoisotopic (exact) mass is 239 g/mol. The summed E-state index contributed by atoms with van der Waals surface area (Å²) >= 11 is 1.78. The quantitative estimate of drug-likeness (QED) is 0.873. The molecule has 0 saturated carbocycles. The van der Waals surface area contributed by atoms with E-state index in [1.807, 2.05) is 0 Å². The van der Waals surface area contributed by atoms with Crippen molar-refractivity contribution in [3.63, 3.8) is 0 Å². The number of hydrogen-bond donors (Lipinski definition) is 1. The zero-order valence-electron chi connectivity index (χ0n) is 10.2. The van der Waals surface area contributed by atoms with Crippen LogP contribution in [0, 0.1) is 12.8 Å². The van der Waals surface area contributed by atoms with Gasteiger partial charge in [-0.1, -0.05) is 6.92 Å². The number of nitrogens with one attached hydrogen (secondary N) is 1. The first-order valence-electron chi connectivity index (χ1n) is 6.17. The molecule has 0 radical (unpaired) electrons. The van der Waals surface area contributed by atoms with Crippen LogP contribution in [0.15, 0.2) is 5.38 Å². The van der Waals surface area contributed by atoms with Gasteiger partial charge in [0.2, 0.25) is 0 Å². The molecule has 1 unspecified atom stereocenters. The van der Waals surface area contributed by atoms with Gasteiger partial charge in [0.1, 0.15) is 0 Å². The number of anilines is 1. The van der Waals surface area contributed by atoms with Gasteiger partial charge in [0.05, 0.1) is 5.69 Å². The maximum atomic E-state index is 4.57. The van der Waals surface area contributed by atoms with E-state index in [0.29, 0.717) is 0 Å². The maximum absolute atomic E-state index is 4.57. The van der Waals surface area contributed by atoms with E-state index >= 15 is 0 Å². The lowest BCUT2D eigenvalue weighted by Gasteiger charge is -2.32. The van der Waals surface area contributed by atoms with Crippen molar-refractivity contribution in [1.82, 2.24) is 10.3 Å². The lowest BCUT2D eigenvalue weighted by Crippen LogP contribution is -2.39. The average molecular weight is 239 g/mol. The van der Waals surface area contributed by atoms with Gasteiger partial charge in [-0.15, -0.1) is 11.3 Å². The smallest absolute Gasteiger partial charge is 0.185 e. The highest BCUT2D eigenvalue weighted by Crippen LogP contribution is 2.25. The minimum absolute atomic E-state index is 0.790. The van der Waals surface area contributed by atoms with Gasteiger partial charge in [-0.2, -0.15) is 0 Å². The van der Waals surface area contributed by atoms with Crippen LogP contribution in [0.3, 0.4) is 0 Å². The van der Waals surface area contributed by atoms with Crippen molar-refractivity contribution in [3.8, 4) is 0 Å². The van der Waals surface area contributed by atoms with Gasteiger partial charge < -0.3 is 10.2 Å². The second-order valence-corrected chi connectivity index (χ2v) is 5.37. The van der Waals surface area contributed by atoms with Gasteiger partial charge in [-0.25, -0.2) is 4.98 Å². The van der Waals surface area contributed by atoms with Crippen LogP contribution in [-0.2, 0) is 0 Å². The molecule has 1 saturated heterocycles. The lowest BCUT2D eigenvalue weighted by molar-refractivity contribution is 0.395. The third-order valence-corrected chi connectivity index (χ3v) is 4.10. The van der Waals surface area contributed by atoms with Gasteiger partial charge in [-0.3, -0.25) is 0 Å². The summed E-state index contributed by atoms with van der Waals surface area (Å²) in [5, 5.41) is 6.80. The number of thiazole rings is 1. The molecular formula is C12H21N3S. The fourth-order valence-electron chi connectivity index (χ4n) is 2.24. The Balaban J connectivity index is 1.91. The average Bonchev–Trinajstić information content (AvgIpc) is 2.74. The Labute approximate surface area is 102 Å². The number of aryl methyl sites for hydroxylation is 1. The molecule has 1 atom stereocenters. The van der Waals surface area contributed by atoms with E-state index in [1.165, 1.54) is 31.1 Å². The molecule has 0 bridgehead atoms. The number of hydrogen-bond acceptors (Lipinski definition) is 4. The number of aromatic nitrogens is 1. The van der Waals surface area contributed by atoms with Crippen LogP contribution in [0.5, 0.6) is 0 Å². The highest BCUT2D eigenvalue weighted by atomic mass is 32.1. The lowest BCUT2D eigenvalue weighted by atomic mass is 9.98. The van der Waals surface area contributed by atoms with Crippen LogP contribution < -0.4 is 10.2 Å². The summed E-state index contributed by atoms with van der Waals surface area (Å²) in [5.74, 6) is 0.790. The van der Waals surface area contributed by atoms with E-state index in [0.717, 1.165) is 24.7 Å². The fourth-order valence-corrected chi connectivity index (χ4v) is 3.08. The maximum Gasteiger partial charge on any atom is 0.185 e. The van der Waals surface area contributed by atoms with Crippen molar-refractivity contribution in [2.45, 2.75) is 26.7 Å². The normalized spacial score (nSPS) is 21.4. The highest BCUT2D eigenvalue weighted by Gasteiger charge is 2.21. The SMILES string of the molecule is CCNCC1CCCN(c2nc(C)cs2)C1. The predicted molar refractivity (Wildman–Crippen MR) is 70.3 cm³/mol. The van der Waals surface area contributed by atoms with Crippen LogP contribution in [0.4, 0.5) is 5.13 Å². The van der Waals surface area contributed by atoms with E-state index < -0.39 is 0 Å². The second kappa shape index (κ2) is 5.64. The summed E-state index contributed by atoms with van der Waals surface area (Å²) < 4.78 is 0. The zero-order chi connectivity index (χ0) is 11.4. The zero-order valence-corrected chi connectivity index (χ0v) is 11.0. The molecule has 2 rings (SSSR count). The molecule has 1 N–H and O–H groups in total. The van der Waals surface area contributed by atoms with Crippen molar-refractivity contribution >= 4 is 16.5 Å². The second-order valence-electron chi connectivity index (χ2n) is 4.53. The summed E-state index contributed by atoms with van der Waals surface area (Å²) in [7, 11) is 0. The molecule has 0 aromatic carbocycles. The first-order chi connectivity index (χ1) is 7.79. The summed E-state index contributed by atoms with van der Waals surface area (Å²) in [6.07, 6.45) is 2.66.